The zero-order valence-corrected chi connectivity index (χ0v) is 14.8. The molecule has 0 heterocycles. The Labute approximate surface area is 147 Å². The molecule has 2 rings (SSSR count). The van der Waals surface area contributed by atoms with Crippen LogP contribution in [0, 0.1) is 10.1 Å². The molecule has 6 nitrogen and oxygen atoms in total. The van der Waals surface area contributed by atoms with Gasteiger partial charge in [0.15, 0.2) is 0 Å². The van der Waals surface area contributed by atoms with Crippen molar-refractivity contribution in [3.05, 3.63) is 69.8 Å². The highest BCUT2D eigenvalue weighted by atomic mass is 16.6. The molecule has 1 amide bonds. The third kappa shape index (κ3) is 4.15. The van der Waals surface area contributed by atoms with Gasteiger partial charge in [0.05, 0.1) is 24.0 Å². The number of hydrogen-bond acceptors (Lipinski definition) is 4. The highest BCUT2D eigenvalue weighted by molar-refractivity contribution is 5.83. The van der Waals surface area contributed by atoms with Gasteiger partial charge in [0.25, 0.3) is 5.69 Å². The van der Waals surface area contributed by atoms with Gasteiger partial charge >= 0.3 is 0 Å². The fourth-order valence-electron chi connectivity index (χ4n) is 2.65. The Bertz CT molecular complexity index is 758. The average molecular weight is 342 g/mol. The average Bonchev–Trinajstić information content (AvgIpc) is 2.65. The van der Waals surface area contributed by atoms with E-state index in [1.807, 2.05) is 38.1 Å². The van der Waals surface area contributed by atoms with E-state index >= 15 is 0 Å². The summed E-state index contributed by atoms with van der Waals surface area (Å²) in [5.41, 5.74) is 1.64. The fraction of sp³-hybridized carbons (Fsp3) is 0.316. The van der Waals surface area contributed by atoms with Crippen molar-refractivity contribution in [1.82, 2.24) is 4.90 Å². The van der Waals surface area contributed by atoms with E-state index in [-0.39, 0.29) is 23.6 Å². The summed E-state index contributed by atoms with van der Waals surface area (Å²) < 4.78 is 5.13. The van der Waals surface area contributed by atoms with E-state index in [1.54, 1.807) is 31.2 Å². The zero-order chi connectivity index (χ0) is 18.6. The minimum Gasteiger partial charge on any atom is -0.497 e. The van der Waals surface area contributed by atoms with Gasteiger partial charge in [-0.15, -0.1) is 0 Å². The van der Waals surface area contributed by atoms with Crippen LogP contribution in [0.4, 0.5) is 5.69 Å². The first-order valence-corrected chi connectivity index (χ1v) is 8.00. The Kier molecular flexibility index (Phi) is 5.75. The van der Waals surface area contributed by atoms with E-state index < -0.39 is 4.92 Å². The van der Waals surface area contributed by atoms with Crippen molar-refractivity contribution < 1.29 is 14.5 Å². The molecule has 0 aromatic heterocycles. The van der Waals surface area contributed by atoms with Crippen LogP contribution in [0.5, 0.6) is 5.75 Å². The number of nitro groups is 1. The number of likely N-dealkylation sites (N-methyl/N-ethyl adjacent to an activating group) is 1. The van der Waals surface area contributed by atoms with Crippen LogP contribution in [0.3, 0.4) is 0 Å². The van der Waals surface area contributed by atoms with E-state index in [0.29, 0.717) is 0 Å². The third-order valence-electron chi connectivity index (χ3n) is 4.48. The van der Waals surface area contributed by atoms with Gasteiger partial charge in [-0.3, -0.25) is 14.9 Å². The van der Waals surface area contributed by atoms with Crippen LogP contribution in [0.1, 0.15) is 36.9 Å². The molecule has 0 unspecified atom stereocenters. The minimum absolute atomic E-state index is 0.0217. The highest BCUT2D eigenvalue weighted by Gasteiger charge is 2.24. The summed E-state index contributed by atoms with van der Waals surface area (Å²) >= 11 is 0. The number of rotatable bonds is 6. The molecular formula is C19H22N2O4. The summed E-state index contributed by atoms with van der Waals surface area (Å²) in [6.07, 6.45) is 0. The van der Waals surface area contributed by atoms with E-state index in [0.717, 1.165) is 16.9 Å². The number of nitrogens with zero attached hydrogens (tertiary/aromatic N) is 2. The number of hydrogen-bond donors (Lipinski definition) is 0. The van der Waals surface area contributed by atoms with Crippen LogP contribution in [0.15, 0.2) is 48.5 Å². The van der Waals surface area contributed by atoms with Crippen LogP contribution in [0.25, 0.3) is 0 Å². The van der Waals surface area contributed by atoms with Gasteiger partial charge in [-0.2, -0.15) is 0 Å². The molecule has 0 saturated carbocycles. The maximum atomic E-state index is 12.8. The maximum Gasteiger partial charge on any atom is 0.269 e. The summed E-state index contributed by atoms with van der Waals surface area (Å²) in [4.78, 5) is 24.9. The van der Waals surface area contributed by atoms with Crippen molar-refractivity contribution in [3.63, 3.8) is 0 Å². The summed E-state index contributed by atoms with van der Waals surface area (Å²) in [6.45, 7) is 3.71. The number of ether oxygens (including phenoxy) is 1. The third-order valence-corrected chi connectivity index (χ3v) is 4.48. The number of methoxy groups -OCH3 is 1. The number of benzene rings is 2. The van der Waals surface area contributed by atoms with E-state index in [4.69, 9.17) is 4.74 Å². The first kappa shape index (κ1) is 18.4. The summed E-state index contributed by atoms with van der Waals surface area (Å²) in [7, 11) is 3.31. The topological polar surface area (TPSA) is 72.7 Å². The molecule has 0 radical (unpaired) electrons. The van der Waals surface area contributed by atoms with Gasteiger partial charge in [0.2, 0.25) is 5.91 Å². The fourth-order valence-corrected chi connectivity index (χ4v) is 2.65. The van der Waals surface area contributed by atoms with Gasteiger partial charge in [-0.25, -0.2) is 0 Å². The lowest BCUT2D eigenvalue weighted by Gasteiger charge is -2.28. The largest absolute Gasteiger partial charge is 0.497 e. The molecule has 0 bridgehead atoms. The maximum absolute atomic E-state index is 12.8. The molecule has 25 heavy (non-hydrogen) atoms. The van der Waals surface area contributed by atoms with Crippen molar-refractivity contribution >= 4 is 11.6 Å². The molecule has 0 N–H and O–H groups in total. The Hall–Kier alpha value is -2.89. The lowest BCUT2D eigenvalue weighted by atomic mass is 9.98. The highest BCUT2D eigenvalue weighted by Crippen LogP contribution is 2.27. The van der Waals surface area contributed by atoms with Gasteiger partial charge in [0, 0.05) is 19.2 Å². The SMILES string of the molecule is COc1ccc([C@H](C)C(=O)N(C)[C@@H](C)c2cccc([N+](=O)[O-])c2)cc1. The number of nitro benzene ring substituents is 1. The number of carbonyl (C=O) groups is 1. The molecule has 2 aromatic rings. The van der Waals surface area contributed by atoms with E-state index in [1.165, 1.54) is 12.1 Å². The van der Waals surface area contributed by atoms with Crippen molar-refractivity contribution in [2.45, 2.75) is 25.8 Å². The summed E-state index contributed by atoms with van der Waals surface area (Å²) in [6, 6.07) is 13.5. The number of non-ortho nitro benzene ring substituents is 1. The smallest absolute Gasteiger partial charge is 0.269 e. The van der Waals surface area contributed by atoms with Crippen LogP contribution in [0.2, 0.25) is 0 Å². The van der Waals surface area contributed by atoms with E-state index in [2.05, 4.69) is 0 Å². The second kappa shape index (κ2) is 7.79. The van der Waals surface area contributed by atoms with Crippen molar-refractivity contribution in [1.29, 1.82) is 0 Å². The first-order chi connectivity index (χ1) is 11.8. The minimum atomic E-state index is -0.433. The predicted octanol–water partition coefficient (Wildman–Crippen LogP) is 3.93. The van der Waals surface area contributed by atoms with Crippen molar-refractivity contribution in [3.8, 4) is 5.75 Å². The van der Waals surface area contributed by atoms with Crippen LogP contribution in [-0.2, 0) is 4.79 Å². The second-order valence-corrected chi connectivity index (χ2v) is 5.97. The molecule has 0 saturated heterocycles. The summed E-state index contributed by atoms with van der Waals surface area (Å²) in [5, 5.41) is 10.9. The van der Waals surface area contributed by atoms with Gasteiger partial charge in [-0.1, -0.05) is 24.3 Å². The first-order valence-electron chi connectivity index (χ1n) is 8.00. The Morgan fingerprint density at radius 1 is 1.12 bits per heavy atom. The molecule has 6 heteroatoms. The molecule has 2 atom stereocenters. The molecular weight excluding hydrogens is 320 g/mol. The van der Waals surface area contributed by atoms with Gasteiger partial charge in [0.1, 0.15) is 5.75 Å². The van der Waals surface area contributed by atoms with Gasteiger partial charge in [-0.05, 0) is 37.1 Å². The van der Waals surface area contributed by atoms with Gasteiger partial charge < -0.3 is 9.64 Å². The lowest BCUT2D eigenvalue weighted by molar-refractivity contribution is -0.384. The van der Waals surface area contributed by atoms with Crippen LogP contribution in [-0.4, -0.2) is 29.9 Å². The summed E-state index contributed by atoms with van der Waals surface area (Å²) in [5.74, 6) is 0.364. The van der Waals surface area contributed by atoms with Crippen molar-refractivity contribution in [2.24, 2.45) is 0 Å². The molecule has 2 aromatic carbocycles. The van der Waals surface area contributed by atoms with E-state index in [9.17, 15) is 14.9 Å². The molecule has 0 aliphatic rings. The number of amides is 1. The Balaban J connectivity index is 2.17. The molecule has 132 valence electrons. The molecule has 0 fully saturated rings. The Morgan fingerprint density at radius 2 is 1.76 bits per heavy atom. The zero-order valence-electron chi connectivity index (χ0n) is 14.8. The van der Waals surface area contributed by atoms with Crippen LogP contribution < -0.4 is 4.74 Å². The number of carbonyl (C=O) groups excluding carboxylic acids is 1. The molecule has 0 aliphatic heterocycles. The normalized spacial score (nSPS) is 13.0. The van der Waals surface area contributed by atoms with Crippen molar-refractivity contribution in [2.75, 3.05) is 14.2 Å². The molecule has 0 aliphatic carbocycles. The predicted molar refractivity (Wildman–Crippen MR) is 95.7 cm³/mol. The second-order valence-electron chi connectivity index (χ2n) is 5.97. The Morgan fingerprint density at radius 3 is 2.32 bits per heavy atom. The lowest BCUT2D eigenvalue weighted by Crippen LogP contribution is -2.33. The molecule has 0 spiro atoms. The van der Waals surface area contributed by atoms with Crippen LogP contribution >= 0.6 is 0 Å². The quantitative estimate of drug-likeness (QED) is 0.589. The monoisotopic (exact) mass is 342 g/mol. The standard InChI is InChI=1S/C19H22N2O4/c1-13(15-8-10-18(25-4)11-9-15)19(22)20(3)14(2)16-6-5-7-17(12-16)21(23)24/h5-14H,1-4H3/t13-,14-/m0/s1.